The van der Waals surface area contributed by atoms with E-state index in [1.54, 1.807) is 0 Å². The summed E-state index contributed by atoms with van der Waals surface area (Å²) in [6.07, 6.45) is 1.89. The maximum absolute atomic E-state index is 5.06. The summed E-state index contributed by atoms with van der Waals surface area (Å²) < 4.78 is 0. The molecule has 4 heteroatoms. The molecular weight excluding hydrogens is 585 g/mol. The molecule has 0 aliphatic rings. The van der Waals surface area contributed by atoms with E-state index in [4.69, 9.17) is 19.9 Å². The summed E-state index contributed by atoms with van der Waals surface area (Å²) in [6.45, 7) is 0. The number of benzene rings is 7. The van der Waals surface area contributed by atoms with Gasteiger partial charge in [-0.2, -0.15) is 0 Å². The van der Waals surface area contributed by atoms with Gasteiger partial charge in [0.15, 0.2) is 17.5 Å². The van der Waals surface area contributed by atoms with Gasteiger partial charge in [-0.15, -0.1) is 0 Å². The molecule has 4 nitrogen and oxygen atoms in total. The molecule has 0 amide bonds. The lowest BCUT2D eigenvalue weighted by Crippen LogP contribution is -2.00. The number of hydrogen-bond donors (Lipinski definition) is 0. The van der Waals surface area contributed by atoms with Crippen molar-refractivity contribution in [2.75, 3.05) is 0 Å². The monoisotopic (exact) mass is 612 g/mol. The molecule has 0 unspecified atom stereocenters. The Balaban J connectivity index is 1.40. The molecule has 0 bridgehead atoms. The molecule has 224 valence electrons. The summed E-state index contributed by atoms with van der Waals surface area (Å²) in [6, 6.07) is 56.7. The van der Waals surface area contributed by atoms with Crippen molar-refractivity contribution in [3.8, 4) is 56.4 Å². The van der Waals surface area contributed by atoms with Crippen LogP contribution in [-0.4, -0.2) is 19.9 Å². The fourth-order valence-electron chi connectivity index (χ4n) is 6.75. The molecule has 9 rings (SSSR count). The Bertz CT molecular complexity index is 2530. The summed E-state index contributed by atoms with van der Waals surface area (Å²) in [5, 5.41) is 5.69. The lowest BCUT2D eigenvalue weighted by molar-refractivity contribution is 1.07. The van der Waals surface area contributed by atoms with Gasteiger partial charge in [-0.3, -0.25) is 4.98 Å². The summed E-state index contributed by atoms with van der Waals surface area (Å²) in [5.41, 5.74) is 8.43. The molecule has 0 atom stereocenters. The molecule has 0 saturated heterocycles. The maximum atomic E-state index is 5.06. The lowest BCUT2D eigenvalue weighted by Gasteiger charge is -2.19. The van der Waals surface area contributed by atoms with E-state index in [9.17, 15) is 0 Å². The molecular formula is C44H28N4. The molecule has 0 saturated carbocycles. The fourth-order valence-corrected chi connectivity index (χ4v) is 6.75. The first-order valence-electron chi connectivity index (χ1n) is 16.1. The van der Waals surface area contributed by atoms with Gasteiger partial charge < -0.3 is 0 Å². The van der Waals surface area contributed by atoms with Crippen LogP contribution in [0.4, 0.5) is 0 Å². The van der Waals surface area contributed by atoms with E-state index >= 15 is 0 Å². The van der Waals surface area contributed by atoms with Crippen molar-refractivity contribution < 1.29 is 0 Å². The van der Waals surface area contributed by atoms with Crippen LogP contribution >= 0.6 is 0 Å². The van der Waals surface area contributed by atoms with Gasteiger partial charge in [0.05, 0.1) is 5.52 Å². The highest BCUT2D eigenvalue weighted by atomic mass is 15.0. The number of pyridine rings is 1. The second kappa shape index (κ2) is 11.7. The predicted octanol–water partition coefficient (Wildman–Crippen LogP) is 11.1. The summed E-state index contributed by atoms with van der Waals surface area (Å²) in [5.74, 6) is 1.91. The van der Waals surface area contributed by atoms with Crippen molar-refractivity contribution >= 4 is 32.4 Å². The minimum Gasteiger partial charge on any atom is -0.256 e. The zero-order valence-electron chi connectivity index (χ0n) is 26.0. The van der Waals surface area contributed by atoms with E-state index in [2.05, 4.69) is 97.1 Å². The van der Waals surface area contributed by atoms with Gasteiger partial charge in [-0.25, -0.2) is 15.0 Å². The number of nitrogens with zero attached hydrogens (tertiary/aromatic N) is 4. The van der Waals surface area contributed by atoms with Crippen LogP contribution in [0.25, 0.3) is 88.9 Å². The van der Waals surface area contributed by atoms with Gasteiger partial charge in [0.1, 0.15) is 0 Å². The van der Waals surface area contributed by atoms with E-state index in [1.165, 1.54) is 5.56 Å². The summed E-state index contributed by atoms with van der Waals surface area (Å²) in [4.78, 5) is 20.0. The number of fused-ring (bicyclic) bond motifs is 4. The van der Waals surface area contributed by atoms with Gasteiger partial charge in [0.2, 0.25) is 0 Å². The SMILES string of the molecule is c1ccc(-c2nc(-c3ccccc3)nc(-c3ccc4c(-c5ccccc5)c5c(ccc6cccnc65)c(-c5ccccc5)c4c3)n2)cc1. The first kappa shape index (κ1) is 27.8. The molecule has 2 aromatic heterocycles. The molecule has 7 aromatic carbocycles. The van der Waals surface area contributed by atoms with E-state index < -0.39 is 0 Å². The number of hydrogen-bond acceptors (Lipinski definition) is 4. The van der Waals surface area contributed by atoms with Crippen molar-refractivity contribution in [1.82, 2.24) is 19.9 Å². The van der Waals surface area contributed by atoms with E-state index in [1.807, 2.05) is 72.9 Å². The highest BCUT2D eigenvalue weighted by Gasteiger charge is 2.21. The Morgan fingerprint density at radius 3 is 1.42 bits per heavy atom. The minimum atomic E-state index is 0.630. The van der Waals surface area contributed by atoms with Crippen LogP contribution in [-0.2, 0) is 0 Å². The second-order valence-corrected chi connectivity index (χ2v) is 11.8. The standard InChI is InChI=1S/C44H28N4/c1-5-14-29(15-6-1)38-36-26-23-31-22-13-27-45-41(31)40(36)39(30-16-7-2-8-17-30)35-25-24-34(28-37(35)38)44-47-42(32-18-9-3-10-19-32)46-43(48-44)33-20-11-4-12-21-33/h1-28H. The average Bonchev–Trinajstić information content (AvgIpc) is 3.18. The van der Waals surface area contributed by atoms with Gasteiger partial charge in [0, 0.05) is 33.7 Å². The third-order valence-electron chi connectivity index (χ3n) is 8.93. The van der Waals surface area contributed by atoms with Crippen molar-refractivity contribution in [3.05, 3.63) is 170 Å². The topological polar surface area (TPSA) is 51.6 Å². The van der Waals surface area contributed by atoms with Crippen LogP contribution in [0.3, 0.4) is 0 Å². The van der Waals surface area contributed by atoms with Crippen LogP contribution in [0.2, 0.25) is 0 Å². The van der Waals surface area contributed by atoms with Crippen molar-refractivity contribution in [3.63, 3.8) is 0 Å². The van der Waals surface area contributed by atoms with Gasteiger partial charge in [0.25, 0.3) is 0 Å². The normalized spacial score (nSPS) is 11.3. The Hall–Kier alpha value is -6.52. The first-order chi connectivity index (χ1) is 23.8. The van der Waals surface area contributed by atoms with Gasteiger partial charge >= 0.3 is 0 Å². The van der Waals surface area contributed by atoms with Crippen LogP contribution < -0.4 is 0 Å². The smallest absolute Gasteiger partial charge is 0.164 e. The van der Waals surface area contributed by atoms with E-state index in [0.29, 0.717) is 17.5 Å². The van der Waals surface area contributed by atoms with E-state index in [-0.39, 0.29) is 0 Å². The molecule has 0 aliphatic carbocycles. The Labute approximate surface area is 278 Å². The molecule has 0 fully saturated rings. The Morgan fingerprint density at radius 1 is 0.333 bits per heavy atom. The molecule has 48 heavy (non-hydrogen) atoms. The van der Waals surface area contributed by atoms with Crippen LogP contribution in [0.15, 0.2) is 170 Å². The van der Waals surface area contributed by atoms with Gasteiger partial charge in [-0.05, 0) is 50.5 Å². The van der Waals surface area contributed by atoms with Crippen LogP contribution in [0, 0.1) is 0 Å². The van der Waals surface area contributed by atoms with E-state index in [0.717, 1.165) is 65.8 Å². The largest absolute Gasteiger partial charge is 0.256 e. The summed E-state index contributed by atoms with van der Waals surface area (Å²) >= 11 is 0. The predicted molar refractivity (Wildman–Crippen MR) is 197 cm³/mol. The quantitative estimate of drug-likeness (QED) is 0.143. The van der Waals surface area contributed by atoms with Crippen molar-refractivity contribution in [1.29, 1.82) is 0 Å². The molecule has 0 radical (unpaired) electrons. The van der Waals surface area contributed by atoms with Crippen LogP contribution in [0.1, 0.15) is 0 Å². The second-order valence-electron chi connectivity index (χ2n) is 11.8. The molecule has 0 spiro atoms. The minimum absolute atomic E-state index is 0.630. The Kier molecular flexibility index (Phi) is 6.76. The fraction of sp³-hybridized carbons (Fsp3) is 0. The lowest BCUT2D eigenvalue weighted by atomic mass is 9.84. The highest BCUT2D eigenvalue weighted by molar-refractivity contribution is 6.27. The summed E-state index contributed by atoms with van der Waals surface area (Å²) in [7, 11) is 0. The van der Waals surface area contributed by atoms with Crippen molar-refractivity contribution in [2.24, 2.45) is 0 Å². The third-order valence-corrected chi connectivity index (χ3v) is 8.93. The Morgan fingerprint density at radius 2 is 0.833 bits per heavy atom. The number of rotatable bonds is 5. The van der Waals surface area contributed by atoms with Crippen LogP contribution in [0.5, 0.6) is 0 Å². The molecule has 2 heterocycles. The highest BCUT2D eigenvalue weighted by Crippen LogP contribution is 2.46. The maximum Gasteiger partial charge on any atom is 0.164 e. The zero-order valence-corrected chi connectivity index (χ0v) is 26.0. The zero-order chi connectivity index (χ0) is 31.9. The molecule has 9 aromatic rings. The first-order valence-corrected chi connectivity index (χ1v) is 16.1. The average molecular weight is 613 g/mol. The molecule has 0 aliphatic heterocycles. The van der Waals surface area contributed by atoms with Gasteiger partial charge in [-0.1, -0.05) is 152 Å². The third kappa shape index (κ3) is 4.79. The molecule has 0 N–H and O–H groups in total. The van der Waals surface area contributed by atoms with Crippen molar-refractivity contribution in [2.45, 2.75) is 0 Å². The number of aromatic nitrogens is 4.